The first kappa shape index (κ1) is 17.1. The van der Waals surface area contributed by atoms with Gasteiger partial charge in [0.1, 0.15) is 0 Å². The van der Waals surface area contributed by atoms with E-state index in [9.17, 15) is 14.0 Å². The Morgan fingerprint density at radius 1 is 1.17 bits per heavy atom. The van der Waals surface area contributed by atoms with Crippen LogP contribution in [0.2, 0.25) is 0 Å². The van der Waals surface area contributed by atoms with Crippen LogP contribution in [0.4, 0.5) is 9.18 Å². The third-order valence-electron chi connectivity index (χ3n) is 3.63. The highest BCUT2D eigenvalue weighted by atomic mass is 19.1. The van der Waals surface area contributed by atoms with Crippen molar-refractivity contribution < 1.29 is 18.7 Å². The van der Waals surface area contributed by atoms with Crippen molar-refractivity contribution in [3.05, 3.63) is 30.1 Å². The normalized spacial score (nSPS) is 14.5. The van der Waals surface area contributed by atoms with Crippen molar-refractivity contribution in [2.45, 2.75) is 13.3 Å². The average Bonchev–Trinajstić information content (AvgIpc) is 2.59. The summed E-state index contributed by atoms with van der Waals surface area (Å²) >= 11 is 0. The van der Waals surface area contributed by atoms with Gasteiger partial charge in [-0.05, 0) is 18.6 Å². The molecule has 0 aromatic heterocycles. The Morgan fingerprint density at radius 2 is 1.83 bits per heavy atom. The van der Waals surface area contributed by atoms with E-state index in [4.69, 9.17) is 4.74 Å². The molecule has 1 aliphatic heterocycles. The molecule has 1 saturated heterocycles. The molecule has 1 N–H and O–H groups in total. The van der Waals surface area contributed by atoms with Crippen LogP contribution in [0.3, 0.4) is 0 Å². The van der Waals surface area contributed by atoms with Crippen LogP contribution in [0.25, 0.3) is 0 Å². The smallest absolute Gasteiger partial charge is 0.317 e. The first-order valence-corrected chi connectivity index (χ1v) is 7.79. The molecule has 23 heavy (non-hydrogen) atoms. The molecule has 0 aliphatic carbocycles. The quantitative estimate of drug-likeness (QED) is 0.892. The van der Waals surface area contributed by atoms with Gasteiger partial charge in [0.05, 0.1) is 0 Å². The largest absolute Gasteiger partial charge is 0.481 e. The molecule has 1 aliphatic rings. The van der Waals surface area contributed by atoms with Crippen molar-refractivity contribution >= 4 is 11.9 Å². The fraction of sp³-hybridized carbons (Fsp3) is 0.500. The number of hydrogen-bond donors (Lipinski definition) is 1. The van der Waals surface area contributed by atoms with E-state index < -0.39 is 5.82 Å². The summed E-state index contributed by atoms with van der Waals surface area (Å²) in [5, 5.41) is 2.82. The molecule has 0 bridgehead atoms. The number of halogens is 1. The number of ether oxygens (including phenoxy) is 1. The summed E-state index contributed by atoms with van der Waals surface area (Å²) in [7, 11) is 0. The van der Waals surface area contributed by atoms with Gasteiger partial charge in [0, 0.05) is 32.7 Å². The van der Waals surface area contributed by atoms with E-state index in [0.717, 1.165) is 6.42 Å². The van der Waals surface area contributed by atoms with Gasteiger partial charge in [0.2, 0.25) is 0 Å². The van der Waals surface area contributed by atoms with E-state index in [1.165, 1.54) is 12.1 Å². The maximum Gasteiger partial charge on any atom is 0.317 e. The Bertz CT molecular complexity index is 545. The van der Waals surface area contributed by atoms with E-state index in [1.54, 1.807) is 21.9 Å². The minimum absolute atomic E-state index is 0.0680. The third kappa shape index (κ3) is 4.84. The number of benzene rings is 1. The molecule has 3 amide bonds. The van der Waals surface area contributed by atoms with Crippen LogP contribution in [0.1, 0.15) is 13.3 Å². The second-order valence-corrected chi connectivity index (χ2v) is 5.32. The number of amides is 3. The molecule has 1 fully saturated rings. The molecule has 0 unspecified atom stereocenters. The number of nitrogens with zero attached hydrogens (tertiary/aromatic N) is 2. The molecule has 0 radical (unpaired) electrons. The highest BCUT2D eigenvalue weighted by molar-refractivity contribution is 5.79. The summed E-state index contributed by atoms with van der Waals surface area (Å²) in [5.41, 5.74) is 0. The summed E-state index contributed by atoms with van der Waals surface area (Å²) in [6.07, 6.45) is 0.886. The predicted molar refractivity (Wildman–Crippen MR) is 83.7 cm³/mol. The van der Waals surface area contributed by atoms with Crippen LogP contribution in [0.5, 0.6) is 5.75 Å². The summed E-state index contributed by atoms with van der Waals surface area (Å²) < 4.78 is 18.6. The number of hydrogen-bond acceptors (Lipinski definition) is 3. The van der Waals surface area contributed by atoms with Crippen molar-refractivity contribution in [2.24, 2.45) is 0 Å². The van der Waals surface area contributed by atoms with E-state index in [-0.39, 0.29) is 24.3 Å². The van der Waals surface area contributed by atoms with Crippen molar-refractivity contribution in [2.75, 3.05) is 39.3 Å². The highest BCUT2D eigenvalue weighted by Gasteiger charge is 2.24. The number of para-hydroxylation sites is 1. The molecule has 0 saturated carbocycles. The SMILES string of the molecule is CCCNC(=O)N1CCN(C(=O)COc2ccccc2F)CC1. The van der Waals surface area contributed by atoms with Crippen LogP contribution in [0, 0.1) is 5.82 Å². The lowest BCUT2D eigenvalue weighted by Gasteiger charge is -2.34. The van der Waals surface area contributed by atoms with E-state index in [1.807, 2.05) is 6.92 Å². The molecule has 126 valence electrons. The topological polar surface area (TPSA) is 61.9 Å². The Balaban J connectivity index is 1.75. The van der Waals surface area contributed by atoms with Crippen molar-refractivity contribution in [1.29, 1.82) is 0 Å². The van der Waals surface area contributed by atoms with E-state index >= 15 is 0 Å². The van der Waals surface area contributed by atoms with Gasteiger partial charge < -0.3 is 19.9 Å². The predicted octanol–water partition coefficient (Wildman–Crippen LogP) is 1.47. The molecule has 1 heterocycles. The Labute approximate surface area is 135 Å². The Hall–Kier alpha value is -2.31. The molecular weight excluding hydrogens is 301 g/mol. The minimum Gasteiger partial charge on any atom is -0.481 e. The molecule has 1 aromatic carbocycles. The van der Waals surface area contributed by atoms with Crippen molar-refractivity contribution in [1.82, 2.24) is 15.1 Å². The molecule has 0 spiro atoms. The highest BCUT2D eigenvalue weighted by Crippen LogP contribution is 2.15. The molecule has 2 rings (SSSR count). The number of carbonyl (C=O) groups excluding carboxylic acids is 2. The second kappa shape index (κ2) is 8.36. The summed E-state index contributed by atoms with van der Waals surface area (Å²) in [6, 6.07) is 5.89. The zero-order valence-electron chi connectivity index (χ0n) is 13.3. The van der Waals surface area contributed by atoms with Crippen molar-refractivity contribution in [3.8, 4) is 5.75 Å². The fourth-order valence-corrected chi connectivity index (χ4v) is 2.30. The summed E-state index contributed by atoms with van der Waals surface area (Å²) in [6.45, 7) is 4.32. The number of piperazine rings is 1. The standard InChI is InChI=1S/C16H22FN3O3/c1-2-7-18-16(22)20-10-8-19(9-11-20)15(21)12-23-14-6-4-3-5-13(14)17/h3-6H,2,7-12H2,1H3,(H,18,22). The van der Waals surface area contributed by atoms with Gasteiger partial charge in [-0.15, -0.1) is 0 Å². The summed E-state index contributed by atoms with van der Waals surface area (Å²) in [5.74, 6) is -0.627. The Kier molecular flexibility index (Phi) is 6.19. The number of rotatable bonds is 5. The van der Waals surface area contributed by atoms with Gasteiger partial charge in [-0.3, -0.25) is 4.79 Å². The van der Waals surface area contributed by atoms with Crippen molar-refractivity contribution in [3.63, 3.8) is 0 Å². The van der Waals surface area contributed by atoms with Gasteiger partial charge >= 0.3 is 6.03 Å². The van der Waals surface area contributed by atoms with Crippen LogP contribution in [-0.4, -0.2) is 61.1 Å². The minimum atomic E-state index is -0.488. The van der Waals surface area contributed by atoms with Gasteiger partial charge in [0.25, 0.3) is 5.91 Å². The number of nitrogens with one attached hydrogen (secondary N) is 1. The summed E-state index contributed by atoms with van der Waals surface area (Å²) in [4.78, 5) is 27.2. The molecule has 0 atom stereocenters. The van der Waals surface area contributed by atoms with Gasteiger partial charge in [-0.1, -0.05) is 19.1 Å². The first-order valence-electron chi connectivity index (χ1n) is 7.79. The van der Waals surface area contributed by atoms with Crippen LogP contribution in [0.15, 0.2) is 24.3 Å². The lowest BCUT2D eigenvalue weighted by Crippen LogP contribution is -2.54. The van der Waals surface area contributed by atoms with E-state index in [2.05, 4.69) is 5.32 Å². The van der Waals surface area contributed by atoms with Gasteiger partial charge in [0.15, 0.2) is 18.2 Å². The maximum atomic E-state index is 13.4. The van der Waals surface area contributed by atoms with Gasteiger partial charge in [-0.2, -0.15) is 0 Å². The van der Waals surface area contributed by atoms with E-state index in [0.29, 0.717) is 32.7 Å². The number of urea groups is 1. The zero-order chi connectivity index (χ0) is 16.7. The first-order chi connectivity index (χ1) is 11.1. The molecule has 7 heteroatoms. The molecule has 1 aromatic rings. The van der Waals surface area contributed by atoms with Crippen LogP contribution < -0.4 is 10.1 Å². The number of carbonyl (C=O) groups is 2. The third-order valence-corrected chi connectivity index (χ3v) is 3.63. The molecule has 6 nitrogen and oxygen atoms in total. The zero-order valence-corrected chi connectivity index (χ0v) is 13.3. The van der Waals surface area contributed by atoms with Gasteiger partial charge in [-0.25, -0.2) is 9.18 Å². The van der Waals surface area contributed by atoms with Crippen LogP contribution in [-0.2, 0) is 4.79 Å². The maximum absolute atomic E-state index is 13.4. The Morgan fingerprint density at radius 3 is 2.48 bits per heavy atom. The molecular formula is C16H22FN3O3. The second-order valence-electron chi connectivity index (χ2n) is 5.32. The monoisotopic (exact) mass is 323 g/mol. The van der Waals surface area contributed by atoms with Crippen LogP contribution >= 0.6 is 0 Å². The lowest BCUT2D eigenvalue weighted by atomic mass is 10.3. The average molecular weight is 323 g/mol. The fourth-order valence-electron chi connectivity index (χ4n) is 2.30. The lowest BCUT2D eigenvalue weighted by molar-refractivity contribution is -0.134.